The third-order valence-corrected chi connectivity index (χ3v) is 2.56. The van der Waals surface area contributed by atoms with E-state index < -0.39 is 8.32 Å². The number of hydrogen-bond acceptors (Lipinski definition) is 1. The van der Waals surface area contributed by atoms with E-state index in [1.54, 1.807) is 0 Å². The van der Waals surface area contributed by atoms with Crippen molar-refractivity contribution in [2.24, 2.45) is 0 Å². The fraction of sp³-hybridized carbons (Fsp3) is 0.333. The Labute approximate surface area is 108 Å². The molecule has 0 saturated carbocycles. The van der Waals surface area contributed by atoms with Crippen LogP contribution in [0.2, 0.25) is 19.6 Å². The first-order chi connectivity index (χ1) is 5.47. The minimum atomic E-state index is -1.44. The van der Waals surface area contributed by atoms with Crippen LogP contribution >= 0.6 is 15.9 Å². The molecule has 4 heteroatoms. The minimum absolute atomic E-state index is 0. The van der Waals surface area contributed by atoms with Gasteiger partial charge < -0.3 is 7.28 Å². The zero-order valence-electron chi connectivity index (χ0n) is 10.3. The summed E-state index contributed by atoms with van der Waals surface area (Å²) in [6, 6.07) is 7.97. The van der Waals surface area contributed by atoms with E-state index in [1.807, 2.05) is 24.3 Å². The van der Waals surface area contributed by atoms with Gasteiger partial charge in [0, 0.05) is 4.47 Å². The molecule has 0 heterocycles. The Hall–Kier alpha value is 0.483. The van der Waals surface area contributed by atoms with Crippen molar-refractivity contribution < 1.29 is 7.28 Å². The molecule has 0 aromatic heterocycles. The smallest absolute Gasteiger partial charge is 1.00 e. The van der Waals surface area contributed by atoms with Crippen LogP contribution in [-0.2, 0) is 0 Å². The van der Waals surface area contributed by atoms with E-state index in [2.05, 4.69) is 35.6 Å². The normalized spacial score (nSPS) is 10.5. The molecule has 0 bridgehead atoms. The molecule has 0 aliphatic rings. The van der Waals surface area contributed by atoms with Crippen LogP contribution in [0.25, 0.3) is 0 Å². The second-order valence-electron chi connectivity index (χ2n) is 3.67. The summed E-state index contributed by atoms with van der Waals surface area (Å²) in [5.74, 6) is 0.962. The Morgan fingerprint density at radius 3 is 2.38 bits per heavy atom. The molecule has 13 heavy (non-hydrogen) atoms. The third-order valence-electron chi connectivity index (χ3n) is 1.22. The third kappa shape index (κ3) is 5.72. The van der Waals surface area contributed by atoms with Gasteiger partial charge in [-0.3, -0.25) is 0 Å². The standard InChI is InChI=1S/C9H13BrOSi.Mg.2H/c1-12(2,3)11-9-6-4-5-8(10)7-9;;;/h4-7H,1-3H3;;;/q;+2;2*-1. The Morgan fingerprint density at radius 1 is 1.31 bits per heavy atom. The summed E-state index contributed by atoms with van der Waals surface area (Å²) in [6.45, 7) is 6.52. The maximum absolute atomic E-state index is 5.79. The fourth-order valence-electron chi connectivity index (χ4n) is 0.884. The van der Waals surface area contributed by atoms with Gasteiger partial charge in [-0.15, -0.1) is 0 Å². The quantitative estimate of drug-likeness (QED) is 0.748. The Balaban J connectivity index is -0.000000480. The molecular formula is C9H15BrMgOSi. The molecular weight excluding hydrogens is 256 g/mol. The molecule has 0 unspecified atom stereocenters. The molecule has 0 saturated heterocycles. The first-order valence-corrected chi connectivity index (χ1v) is 8.12. The first-order valence-electron chi connectivity index (χ1n) is 3.92. The Bertz CT molecular complexity index is 281. The van der Waals surface area contributed by atoms with Gasteiger partial charge in [0.2, 0.25) is 8.32 Å². The van der Waals surface area contributed by atoms with Crippen molar-refractivity contribution >= 4 is 47.3 Å². The minimum Gasteiger partial charge on any atom is -1.00 e. The van der Waals surface area contributed by atoms with E-state index >= 15 is 0 Å². The summed E-state index contributed by atoms with van der Waals surface area (Å²) < 4.78 is 6.86. The SMILES string of the molecule is C[Si](C)(C)Oc1cccc(Br)c1.[H-].[H-].[Mg+2]. The summed E-state index contributed by atoms with van der Waals surface area (Å²) in [5.41, 5.74) is 0. The van der Waals surface area contributed by atoms with Crippen LogP contribution in [-0.4, -0.2) is 31.4 Å². The van der Waals surface area contributed by atoms with Gasteiger partial charge in [-0.1, -0.05) is 22.0 Å². The molecule has 0 radical (unpaired) electrons. The van der Waals surface area contributed by atoms with Crippen LogP contribution in [0.5, 0.6) is 5.75 Å². The Kier molecular flexibility index (Phi) is 5.59. The first kappa shape index (κ1) is 13.5. The maximum Gasteiger partial charge on any atom is 2.00 e. The van der Waals surface area contributed by atoms with Crippen molar-refractivity contribution in [3.63, 3.8) is 0 Å². The van der Waals surface area contributed by atoms with Gasteiger partial charge >= 0.3 is 23.1 Å². The van der Waals surface area contributed by atoms with E-state index in [9.17, 15) is 0 Å². The molecule has 1 aromatic carbocycles. The molecule has 0 N–H and O–H groups in total. The van der Waals surface area contributed by atoms with Gasteiger partial charge in [0.1, 0.15) is 5.75 Å². The average Bonchev–Trinajstić information content (AvgIpc) is 1.82. The zero-order chi connectivity index (χ0) is 9.19. The molecule has 1 nitrogen and oxygen atoms in total. The van der Waals surface area contributed by atoms with E-state index in [-0.39, 0.29) is 25.9 Å². The molecule has 0 fully saturated rings. The Morgan fingerprint density at radius 2 is 1.92 bits per heavy atom. The van der Waals surface area contributed by atoms with Gasteiger partial charge in [-0.2, -0.15) is 0 Å². The van der Waals surface area contributed by atoms with Gasteiger partial charge in [0.05, 0.1) is 0 Å². The van der Waals surface area contributed by atoms with Crippen molar-refractivity contribution in [3.8, 4) is 5.75 Å². The largest absolute Gasteiger partial charge is 2.00 e. The molecule has 0 amide bonds. The van der Waals surface area contributed by atoms with Gasteiger partial charge in [0.15, 0.2) is 0 Å². The van der Waals surface area contributed by atoms with Gasteiger partial charge in [0.25, 0.3) is 0 Å². The van der Waals surface area contributed by atoms with E-state index in [1.165, 1.54) is 0 Å². The number of hydrogen-bond donors (Lipinski definition) is 0. The number of rotatable bonds is 2. The molecule has 0 aliphatic heterocycles. The molecule has 0 spiro atoms. The number of benzene rings is 1. The molecule has 1 aromatic rings. The maximum atomic E-state index is 5.79. The molecule has 0 aliphatic carbocycles. The van der Waals surface area contributed by atoms with Crippen molar-refractivity contribution in [1.29, 1.82) is 0 Å². The summed E-state index contributed by atoms with van der Waals surface area (Å²) in [4.78, 5) is 0. The van der Waals surface area contributed by atoms with Crippen molar-refractivity contribution in [2.45, 2.75) is 19.6 Å². The van der Waals surface area contributed by atoms with E-state index in [0.717, 1.165) is 10.2 Å². The fourth-order valence-corrected chi connectivity index (χ4v) is 2.10. The zero-order valence-corrected chi connectivity index (χ0v) is 12.3. The average molecular weight is 272 g/mol. The topological polar surface area (TPSA) is 9.23 Å². The van der Waals surface area contributed by atoms with Crippen LogP contribution in [0, 0.1) is 0 Å². The summed E-state index contributed by atoms with van der Waals surface area (Å²) in [7, 11) is -1.44. The van der Waals surface area contributed by atoms with Crippen LogP contribution < -0.4 is 4.43 Å². The number of halogens is 1. The summed E-state index contributed by atoms with van der Waals surface area (Å²) in [6.07, 6.45) is 0. The predicted molar refractivity (Wildman–Crippen MR) is 66.1 cm³/mol. The van der Waals surface area contributed by atoms with E-state index in [4.69, 9.17) is 4.43 Å². The van der Waals surface area contributed by atoms with E-state index in [0.29, 0.717) is 0 Å². The van der Waals surface area contributed by atoms with Gasteiger partial charge in [-0.25, -0.2) is 0 Å². The second-order valence-corrected chi connectivity index (χ2v) is 9.02. The van der Waals surface area contributed by atoms with Crippen LogP contribution in [0.15, 0.2) is 28.7 Å². The van der Waals surface area contributed by atoms with Crippen molar-refractivity contribution in [3.05, 3.63) is 28.7 Å². The van der Waals surface area contributed by atoms with Crippen molar-refractivity contribution in [1.82, 2.24) is 0 Å². The monoisotopic (exact) mass is 270 g/mol. The second kappa shape index (κ2) is 5.39. The van der Waals surface area contributed by atoms with Crippen LogP contribution in [0.4, 0.5) is 0 Å². The predicted octanol–water partition coefficient (Wildman–Crippen LogP) is 3.51. The summed E-state index contributed by atoms with van der Waals surface area (Å²) >= 11 is 3.41. The van der Waals surface area contributed by atoms with Crippen LogP contribution in [0.1, 0.15) is 2.85 Å². The van der Waals surface area contributed by atoms with Crippen molar-refractivity contribution in [2.75, 3.05) is 0 Å². The molecule has 0 atom stereocenters. The summed E-state index contributed by atoms with van der Waals surface area (Å²) in [5, 5.41) is 0. The molecule has 70 valence electrons. The van der Waals surface area contributed by atoms with Crippen LogP contribution in [0.3, 0.4) is 0 Å². The molecule has 1 rings (SSSR count). The van der Waals surface area contributed by atoms with Gasteiger partial charge in [-0.05, 0) is 37.8 Å².